The van der Waals surface area contributed by atoms with Crippen molar-refractivity contribution in [1.29, 1.82) is 0 Å². The monoisotopic (exact) mass is 240 g/mol. The molecule has 2 aromatic rings. The molecule has 84 valence electrons. The fourth-order valence-electron chi connectivity index (χ4n) is 1.35. The molecule has 0 bridgehead atoms. The molecule has 0 aliphatic heterocycles. The van der Waals surface area contributed by atoms with Crippen LogP contribution in [-0.4, -0.2) is 31.5 Å². The van der Waals surface area contributed by atoms with E-state index in [0.717, 1.165) is 0 Å². The van der Waals surface area contributed by atoms with Crippen molar-refractivity contribution in [2.75, 3.05) is 0 Å². The van der Waals surface area contributed by atoms with E-state index in [9.17, 15) is 4.79 Å². The molecule has 16 heavy (non-hydrogen) atoms. The predicted molar refractivity (Wildman–Crippen MR) is 57.3 cm³/mol. The summed E-state index contributed by atoms with van der Waals surface area (Å²) in [5, 5.41) is 9.06. The fourth-order valence-corrected chi connectivity index (χ4v) is 1.61. The first-order chi connectivity index (χ1) is 7.59. The van der Waals surface area contributed by atoms with Crippen LogP contribution in [0.25, 0.3) is 5.65 Å². The predicted octanol–water partition coefficient (Wildman–Crippen LogP) is 0.337. The number of imidazole rings is 1. The molecular formula is C9H9ClN4O2. The summed E-state index contributed by atoms with van der Waals surface area (Å²) in [6.45, 7) is 0. The van der Waals surface area contributed by atoms with Crippen molar-refractivity contribution in [1.82, 2.24) is 14.4 Å². The van der Waals surface area contributed by atoms with Gasteiger partial charge in [0, 0.05) is 18.8 Å². The van der Waals surface area contributed by atoms with Crippen molar-refractivity contribution in [3.05, 3.63) is 29.4 Å². The summed E-state index contributed by atoms with van der Waals surface area (Å²) >= 11 is 6.03. The molecule has 2 heterocycles. The molecule has 0 saturated carbocycles. The highest BCUT2D eigenvalue weighted by Gasteiger charge is 2.17. The molecule has 0 saturated heterocycles. The first kappa shape index (κ1) is 10.8. The molecule has 1 atom stereocenters. The lowest BCUT2D eigenvalue weighted by Crippen LogP contribution is -2.32. The molecule has 2 aromatic heterocycles. The van der Waals surface area contributed by atoms with Gasteiger partial charge in [0.25, 0.3) is 0 Å². The lowest BCUT2D eigenvalue weighted by Gasteiger charge is -2.03. The van der Waals surface area contributed by atoms with Crippen molar-refractivity contribution >= 4 is 23.2 Å². The number of halogens is 1. The molecular weight excluding hydrogens is 232 g/mol. The molecule has 0 aliphatic rings. The lowest BCUT2D eigenvalue weighted by molar-refractivity contribution is -0.138. The summed E-state index contributed by atoms with van der Waals surface area (Å²) in [5.41, 5.74) is 6.45. The van der Waals surface area contributed by atoms with Gasteiger partial charge >= 0.3 is 5.97 Å². The summed E-state index contributed by atoms with van der Waals surface area (Å²) in [5.74, 6) is -1.08. The maximum atomic E-state index is 10.6. The molecule has 0 aromatic carbocycles. The van der Waals surface area contributed by atoms with Crippen LogP contribution >= 0.6 is 11.6 Å². The number of aliphatic carboxylic acids is 1. The van der Waals surface area contributed by atoms with E-state index in [1.807, 2.05) is 0 Å². The molecule has 0 aliphatic carbocycles. The van der Waals surface area contributed by atoms with E-state index in [-0.39, 0.29) is 6.42 Å². The Kier molecular flexibility index (Phi) is 2.76. The van der Waals surface area contributed by atoms with Crippen molar-refractivity contribution in [3.63, 3.8) is 0 Å². The summed E-state index contributed by atoms with van der Waals surface area (Å²) in [7, 11) is 0. The topological polar surface area (TPSA) is 93.5 Å². The number of hydrogen-bond acceptors (Lipinski definition) is 4. The minimum absolute atomic E-state index is 0.0931. The highest BCUT2D eigenvalue weighted by Crippen LogP contribution is 2.18. The molecule has 0 radical (unpaired) electrons. The number of rotatable bonds is 3. The van der Waals surface area contributed by atoms with E-state index in [1.54, 1.807) is 23.0 Å². The number of nitrogens with zero attached hydrogens (tertiary/aromatic N) is 3. The first-order valence-corrected chi connectivity index (χ1v) is 4.92. The second kappa shape index (κ2) is 4.07. The average Bonchev–Trinajstić information content (AvgIpc) is 2.56. The molecule has 3 N–H and O–H groups in total. The zero-order chi connectivity index (χ0) is 11.7. The fraction of sp³-hybridized carbons (Fsp3) is 0.222. The smallest absolute Gasteiger partial charge is 0.320 e. The summed E-state index contributed by atoms with van der Waals surface area (Å²) in [4.78, 5) is 18.7. The standard InChI is InChI=1S/C9H9ClN4O2/c10-8-6(3-5(11)9(15)16)13-7-4-12-1-2-14(7)8/h1-2,4-5H,3,11H2,(H,15,16). The second-order valence-electron chi connectivity index (χ2n) is 3.30. The third-order valence-corrected chi connectivity index (χ3v) is 2.57. The van der Waals surface area contributed by atoms with Crippen LogP contribution in [0.2, 0.25) is 5.15 Å². The van der Waals surface area contributed by atoms with Gasteiger partial charge in [-0.1, -0.05) is 11.6 Å². The van der Waals surface area contributed by atoms with E-state index >= 15 is 0 Å². The minimum Gasteiger partial charge on any atom is -0.480 e. The number of hydrogen-bond donors (Lipinski definition) is 2. The van der Waals surface area contributed by atoms with Gasteiger partial charge in [0.2, 0.25) is 0 Å². The normalized spacial score (nSPS) is 12.9. The molecule has 6 nitrogen and oxygen atoms in total. The second-order valence-corrected chi connectivity index (χ2v) is 3.66. The summed E-state index contributed by atoms with van der Waals surface area (Å²) in [6.07, 6.45) is 4.86. The Morgan fingerprint density at radius 3 is 3.06 bits per heavy atom. The van der Waals surface area contributed by atoms with Gasteiger partial charge in [0.1, 0.15) is 11.2 Å². The molecule has 7 heteroatoms. The van der Waals surface area contributed by atoms with Crippen LogP contribution in [0, 0.1) is 0 Å². The zero-order valence-electron chi connectivity index (χ0n) is 8.17. The van der Waals surface area contributed by atoms with Crippen molar-refractivity contribution in [3.8, 4) is 0 Å². The van der Waals surface area contributed by atoms with Crippen molar-refractivity contribution in [2.24, 2.45) is 5.73 Å². The maximum Gasteiger partial charge on any atom is 0.320 e. The van der Waals surface area contributed by atoms with E-state index in [4.69, 9.17) is 22.4 Å². The van der Waals surface area contributed by atoms with E-state index < -0.39 is 12.0 Å². The van der Waals surface area contributed by atoms with Crippen LogP contribution in [0.5, 0.6) is 0 Å². The van der Waals surface area contributed by atoms with E-state index in [1.165, 1.54) is 0 Å². The number of nitrogens with two attached hydrogens (primary N) is 1. The highest BCUT2D eigenvalue weighted by molar-refractivity contribution is 6.30. The number of carboxylic acid groups (broad SMARTS) is 1. The SMILES string of the molecule is NC(Cc1nc2cnccn2c1Cl)C(=O)O. The van der Waals surface area contributed by atoms with Crippen LogP contribution < -0.4 is 5.73 Å². The van der Waals surface area contributed by atoms with Gasteiger partial charge in [-0.25, -0.2) is 4.98 Å². The molecule has 2 rings (SSSR count). The Morgan fingerprint density at radius 1 is 1.69 bits per heavy atom. The third kappa shape index (κ3) is 1.84. The molecule has 0 amide bonds. The first-order valence-electron chi connectivity index (χ1n) is 4.54. The van der Waals surface area contributed by atoms with Gasteiger partial charge in [-0.3, -0.25) is 14.2 Å². The molecule has 1 unspecified atom stereocenters. The van der Waals surface area contributed by atoms with Gasteiger partial charge in [-0.15, -0.1) is 0 Å². The minimum atomic E-state index is -1.08. The van der Waals surface area contributed by atoms with Crippen LogP contribution in [0.15, 0.2) is 18.6 Å². The number of carboxylic acids is 1. The number of fused-ring (bicyclic) bond motifs is 1. The number of aromatic nitrogens is 3. The zero-order valence-corrected chi connectivity index (χ0v) is 8.92. The van der Waals surface area contributed by atoms with E-state index in [2.05, 4.69) is 9.97 Å². The van der Waals surface area contributed by atoms with Crippen LogP contribution in [0.3, 0.4) is 0 Å². The Bertz CT molecular complexity index is 539. The Hall–Kier alpha value is -1.66. The third-order valence-electron chi connectivity index (χ3n) is 2.17. The average molecular weight is 241 g/mol. The van der Waals surface area contributed by atoms with E-state index in [0.29, 0.717) is 16.5 Å². The highest BCUT2D eigenvalue weighted by atomic mass is 35.5. The van der Waals surface area contributed by atoms with Crippen molar-refractivity contribution in [2.45, 2.75) is 12.5 Å². The molecule has 0 fully saturated rings. The van der Waals surface area contributed by atoms with Gasteiger partial charge in [0.05, 0.1) is 11.9 Å². The van der Waals surface area contributed by atoms with Crippen molar-refractivity contribution < 1.29 is 9.90 Å². The lowest BCUT2D eigenvalue weighted by atomic mass is 10.2. The van der Waals surface area contributed by atoms with Crippen LogP contribution in [0.1, 0.15) is 5.69 Å². The van der Waals surface area contributed by atoms with Gasteiger partial charge < -0.3 is 10.8 Å². The summed E-state index contributed by atoms with van der Waals surface area (Å²) in [6, 6.07) is -1.00. The Morgan fingerprint density at radius 2 is 2.44 bits per heavy atom. The van der Waals surface area contributed by atoms with Crippen LogP contribution in [0.4, 0.5) is 0 Å². The number of carbonyl (C=O) groups is 1. The maximum absolute atomic E-state index is 10.6. The summed E-state index contributed by atoms with van der Waals surface area (Å²) < 4.78 is 1.62. The van der Waals surface area contributed by atoms with Gasteiger partial charge in [-0.05, 0) is 0 Å². The molecule has 0 spiro atoms. The Labute approximate surface area is 95.7 Å². The van der Waals surface area contributed by atoms with Gasteiger partial charge in [0.15, 0.2) is 5.65 Å². The largest absolute Gasteiger partial charge is 0.480 e. The quantitative estimate of drug-likeness (QED) is 0.807. The van der Waals surface area contributed by atoms with Gasteiger partial charge in [-0.2, -0.15) is 0 Å². The Balaban J connectivity index is 2.38. The van der Waals surface area contributed by atoms with Crippen LogP contribution in [-0.2, 0) is 11.2 Å².